The van der Waals surface area contributed by atoms with Crippen LogP contribution < -0.4 is 16.4 Å². The average Bonchev–Trinajstić information content (AvgIpc) is 2.97. The lowest BCUT2D eigenvalue weighted by Crippen LogP contribution is -2.29. The summed E-state index contributed by atoms with van der Waals surface area (Å²) in [5, 5.41) is 5.66. The summed E-state index contributed by atoms with van der Waals surface area (Å²) in [4.78, 5) is 23.9. The van der Waals surface area contributed by atoms with E-state index >= 15 is 0 Å². The van der Waals surface area contributed by atoms with E-state index in [1.165, 1.54) is 0 Å². The van der Waals surface area contributed by atoms with E-state index in [2.05, 4.69) is 10.6 Å². The molecule has 21 heavy (non-hydrogen) atoms. The van der Waals surface area contributed by atoms with Gasteiger partial charge in [-0.3, -0.25) is 9.59 Å². The first-order chi connectivity index (χ1) is 10.2. The second kappa shape index (κ2) is 7.22. The molecule has 5 nitrogen and oxygen atoms in total. The maximum Gasteiger partial charge on any atom is 0.251 e. The van der Waals surface area contributed by atoms with Gasteiger partial charge in [0, 0.05) is 23.7 Å². The molecule has 2 atom stereocenters. The molecule has 0 saturated heterocycles. The number of carbonyl (C=O) groups excluding carboxylic acids is 2. The van der Waals surface area contributed by atoms with Crippen LogP contribution in [0.15, 0.2) is 24.3 Å². The summed E-state index contributed by atoms with van der Waals surface area (Å²) in [6, 6.07) is 6.95. The molecule has 4 N–H and O–H groups in total. The molecule has 0 aromatic heterocycles. The van der Waals surface area contributed by atoms with Gasteiger partial charge in [0.25, 0.3) is 5.91 Å². The van der Waals surface area contributed by atoms with E-state index in [1.54, 1.807) is 24.3 Å². The predicted molar refractivity (Wildman–Crippen MR) is 83.0 cm³/mol. The van der Waals surface area contributed by atoms with Gasteiger partial charge in [0.1, 0.15) is 0 Å². The van der Waals surface area contributed by atoms with Gasteiger partial charge in [-0.15, -0.1) is 0 Å². The van der Waals surface area contributed by atoms with Crippen LogP contribution >= 0.6 is 0 Å². The molecule has 1 aliphatic rings. The van der Waals surface area contributed by atoms with Crippen LogP contribution in [0, 0.1) is 11.8 Å². The van der Waals surface area contributed by atoms with Crippen molar-refractivity contribution in [1.82, 2.24) is 5.32 Å². The topological polar surface area (TPSA) is 84.2 Å². The number of nitrogens with one attached hydrogen (secondary N) is 2. The molecule has 0 radical (unpaired) electrons. The van der Waals surface area contributed by atoms with E-state index in [-0.39, 0.29) is 17.7 Å². The van der Waals surface area contributed by atoms with Crippen molar-refractivity contribution in [2.45, 2.75) is 26.2 Å². The van der Waals surface area contributed by atoms with Gasteiger partial charge in [-0.05, 0) is 56.5 Å². The lowest BCUT2D eigenvalue weighted by atomic mass is 9.95. The number of hydrogen-bond donors (Lipinski definition) is 3. The highest BCUT2D eigenvalue weighted by Crippen LogP contribution is 2.31. The van der Waals surface area contributed by atoms with Crippen molar-refractivity contribution in [3.63, 3.8) is 0 Å². The Bertz CT molecular complexity index is 499. The van der Waals surface area contributed by atoms with Crippen LogP contribution in [0.3, 0.4) is 0 Å². The highest BCUT2D eigenvalue weighted by molar-refractivity contribution is 5.96. The zero-order valence-electron chi connectivity index (χ0n) is 12.4. The fourth-order valence-electron chi connectivity index (χ4n) is 2.87. The largest absolute Gasteiger partial charge is 0.352 e. The molecule has 1 aromatic rings. The summed E-state index contributed by atoms with van der Waals surface area (Å²) in [6.07, 6.45) is 3.01. The maximum atomic E-state index is 12.3. The van der Waals surface area contributed by atoms with E-state index in [4.69, 9.17) is 5.73 Å². The Morgan fingerprint density at radius 1 is 1.24 bits per heavy atom. The summed E-state index contributed by atoms with van der Waals surface area (Å²) in [5.74, 6) is 0.237. The molecule has 1 fully saturated rings. The van der Waals surface area contributed by atoms with Crippen LogP contribution in [0.1, 0.15) is 36.5 Å². The van der Waals surface area contributed by atoms with Crippen LogP contribution in [-0.4, -0.2) is 24.9 Å². The molecule has 1 saturated carbocycles. The van der Waals surface area contributed by atoms with Crippen molar-refractivity contribution in [2.24, 2.45) is 17.6 Å². The van der Waals surface area contributed by atoms with Gasteiger partial charge < -0.3 is 16.4 Å². The number of nitrogens with two attached hydrogens (primary N) is 1. The lowest BCUT2D eigenvalue weighted by molar-refractivity contribution is -0.120. The fourth-order valence-corrected chi connectivity index (χ4v) is 2.87. The highest BCUT2D eigenvalue weighted by atomic mass is 16.2. The van der Waals surface area contributed by atoms with Crippen LogP contribution in [0.5, 0.6) is 0 Å². The molecule has 2 unspecified atom stereocenters. The Labute approximate surface area is 125 Å². The number of benzene rings is 1. The normalized spacial score (nSPS) is 21.0. The number of anilines is 1. The molecule has 114 valence electrons. The predicted octanol–water partition coefficient (Wildman–Crippen LogP) is 1.75. The Balaban J connectivity index is 1.97. The summed E-state index contributed by atoms with van der Waals surface area (Å²) in [5.41, 5.74) is 7.02. The third-order valence-electron chi connectivity index (χ3n) is 4.05. The molecular formula is C16H23N3O2. The first-order valence-electron chi connectivity index (χ1n) is 7.55. The molecule has 0 aliphatic heterocycles. The van der Waals surface area contributed by atoms with Crippen LogP contribution in [0.2, 0.25) is 0 Å². The second-order valence-corrected chi connectivity index (χ2v) is 5.46. The second-order valence-electron chi connectivity index (χ2n) is 5.46. The van der Waals surface area contributed by atoms with Crippen LogP contribution in [0.25, 0.3) is 0 Å². The minimum Gasteiger partial charge on any atom is -0.352 e. The third kappa shape index (κ3) is 3.82. The van der Waals surface area contributed by atoms with Crippen molar-refractivity contribution >= 4 is 17.5 Å². The van der Waals surface area contributed by atoms with Gasteiger partial charge >= 0.3 is 0 Å². The van der Waals surface area contributed by atoms with Gasteiger partial charge in [-0.1, -0.05) is 6.42 Å². The number of carbonyl (C=O) groups is 2. The number of hydrogen-bond acceptors (Lipinski definition) is 3. The standard InChI is InChI=1S/C16H23N3O2/c1-2-18-15(20)11-6-8-13(9-7-11)19-16(21)14-5-3-4-12(14)10-17/h6-9,12,14H,2-5,10,17H2,1H3,(H,18,20)(H,19,21). The fraction of sp³-hybridized carbons (Fsp3) is 0.500. The molecule has 0 spiro atoms. The van der Waals surface area contributed by atoms with Crippen molar-refractivity contribution < 1.29 is 9.59 Å². The molecule has 2 amide bonds. The van der Waals surface area contributed by atoms with E-state index < -0.39 is 0 Å². The minimum absolute atomic E-state index is 0.0121. The van der Waals surface area contributed by atoms with Gasteiger partial charge in [-0.25, -0.2) is 0 Å². The smallest absolute Gasteiger partial charge is 0.251 e. The maximum absolute atomic E-state index is 12.3. The Kier molecular flexibility index (Phi) is 5.33. The summed E-state index contributed by atoms with van der Waals surface area (Å²) >= 11 is 0. The SMILES string of the molecule is CCNC(=O)c1ccc(NC(=O)C2CCCC2CN)cc1. The lowest BCUT2D eigenvalue weighted by Gasteiger charge is -2.17. The minimum atomic E-state index is -0.102. The quantitative estimate of drug-likeness (QED) is 0.772. The first kappa shape index (κ1) is 15.5. The van der Waals surface area contributed by atoms with E-state index in [1.807, 2.05) is 6.92 Å². The number of rotatable bonds is 5. The van der Waals surface area contributed by atoms with E-state index in [0.29, 0.717) is 24.6 Å². The van der Waals surface area contributed by atoms with Gasteiger partial charge in [0.15, 0.2) is 0 Å². The molecule has 0 heterocycles. The van der Waals surface area contributed by atoms with Crippen molar-refractivity contribution in [3.05, 3.63) is 29.8 Å². The zero-order valence-corrected chi connectivity index (χ0v) is 12.4. The van der Waals surface area contributed by atoms with Crippen molar-refractivity contribution in [3.8, 4) is 0 Å². The highest BCUT2D eigenvalue weighted by Gasteiger charge is 2.31. The Morgan fingerprint density at radius 2 is 1.95 bits per heavy atom. The average molecular weight is 289 g/mol. The Hall–Kier alpha value is -1.88. The molecule has 1 aliphatic carbocycles. The Morgan fingerprint density at radius 3 is 2.57 bits per heavy atom. The monoisotopic (exact) mass is 289 g/mol. The van der Waals surface area contributed by atoms with E-state index in [9.17, 15) is 9.59 Å². The molecule has 2 rings (SSSR count). The van der Waals surface area contributed by atoms with Crippen molar-refractivity contribution in [1.29, 1.82) is 0 Å². The van der Waals surface area contributed by atoms with Crippen LogP contribution in [0.4, 0.5) is 5.69 Å². The third-order valence-corrected chi connectivity index (χ3v) is 4.05. The summed E-state index contributed by atoms with van der Waals surface area (Å²) < 4.78 is 0. The van der Waals surface area contributed by atoms with Gasteiger partial charge in [0.2, 0.25) is 5.91 Å². The zero-order chi connectivity index (χ0) is 15.2. The molecular weight excluding hydrogens is 266 g/mol. The summed E-state index contributed by atoms with van der Waals surface area (Å²) in [6.45, 7) is 3.04. The summed E-state index contributed by atoms with van der Waals surface area (Å²) in [7, 11) is 0. The molecule has 5 heteroatoms. The van der Waals surface area contributed by atoms with Gasteiger partial charge in [-0.2, -0.15) is 0 Å². The molecule has 1 aromatic carbocycles. The van der Waals surface area contributed by atoms with E-state index in [0.717, 1.165) is 24.9 Å². The first-order valence-corrected chi connectivity index (χ1v) is 7.55. The van der Waals surface area contributed by atoms with Gasteiger partial charge in [0.05, 0.1) is 0 Å². The molecule has 0 bridgehead atoms. The number of amides is 2. The van der Waals surface area contributed by atoms with Crippen molar-refractivity contribution in [2.75, 3.05) is 18.4 Å². The van der Waals surface area contributed by atoms with Crippen LogP contribution in [-0.2, 0) is 4.79 Å².